The molecule has 9 heteroatoms. The van der Waals surface area contributed by atoms with Crippen LogP contribution in [0.15, 0.2) is 30.6 Å². The van der Waals surface area contributed by atoms with E-state index in [4.69, 9.17) is 4.74 Å². The van der Waals surface area contributed by atoms with E-state index in [1.165, 1.54) is 12.1 Å². The number of aromatic nitrogens is 5. The molecule has 0 spiro atoms. The second-order valence-electron chi connectivity index (χ2n) is 7.13. The molecule has 3 aromatic heterocycles. The van der Waals surface area contributed by atoms with Crippen molar-refractivity contribution in [1.29, 1.82) is 0 Å². The number of rotatable bonds is 4. The predicted octanol–water partition coefficient (Wildman–Crippen LogP) is 2.56. The molecule has 1 amide bonds. The van der Waals surface area contributed by atoms with Crippen LogP contribution in [0.3, 0.4) is 0 Å². The van der Waals surface area contributed by atoms with Gasteiger partial charge in [0.2, 0.25) is 0 Å². The quantitative estimate of drug-likeness (QED) is 0.554. The topological polar surface area (TPSA) is 97.7 Å². The zero-order valence-corrected chi connectivity index (χ0v) is 15.8. The number of nitrogens with zero attached hydrogens (tertiary/aromatic N) is 4. The number of fused-ring (bicyclic) bond motifs is 2. The second-order valence-corrected chi connectivity index (χ2v) is 7.13. The number of aromatic amines is 1. The summed E-state index contributed by atoms with van der Waals surface area (Å²) in [7, 11) is 1.75. The van der Waals surface area contributed by atoms with Crippen LogP contribution in [0.5, 0.6) is 0 Å². The highest BCUT2D eigenvalue weighted by Crippen LogP contribution is 2.28. The van der Waals surface area contributed by atoms with Crippen molar-refractivity contribution in [3.8, 4) is 11.4 Å². The summed E-state index contributed by atoms with van der Waals surface area (Å²) in [5.41, 5.74) is 3.16. The molecule has 1 aliphatic rings. The number of halogens is 1. The van der Waals surface area contributed by atoms with E-state index in [1.54, 1.807) is 30.2 Å². The normalized spacial score (nSPS) is 16.7. The highest BCUT2D eigenvalue weighted by atomic mass is 19.1. The highest BCUT2D eigenvalue weighted by Gasteiger charge is 2.20. The van der Waals surface area contributed by atoms with Crippen molar-refractivity contribution in [3.63, 3.8) is 0 Å². The third kappa shape index (κ3) is 3.13. The molecule has 1 aromatic carbocycles. The monoisotopic (exact) mass is 394 g/mol. The standard InChI is InChI=1S/C20H19FN6O2/c1-27-16-7-11(21)4-5-13(16)17(26-27)15-10-23-19-18(25-15)14(9-22-19)20(28)24-8-12-3-2-6-29-12/h4-5,7,9-10,12H,2-3,6,8H2,1H3,(H,22,23)(H,24,28)/t12-/m1/s1. The number of benzene rings is 1. The van der Waals surface area contributed by atoms with Crippen LogP contribution in [0.25, 0.3) is 33.5 Å². The molecule has 2 N–H and O–H groups in total. The van der Waals surface area contributed by atoms with Gasteiger partial charge in [-0.15, -0.1) is 0 Å². The van der Waals surface area contributed by atoms with Gasteiger partial charge >= 0.3 is 0 Å². The Balaban J connectivity index is 1.50. The first-order chi connectivity index (χ1) is 14.1. The molecule has 29 heavy (non-hydrogen) atoms. The maximum atomic E-state index is 13.6. The predicted molar refractivity (Wildman–Crippen MR) is 105 cm³/mol. The van der Waals surface area contributed by atoms with E-state index in [9.17, 15) is 9.18 Å². The van der Waals surface area contributed by atoms with E-state index >= 15 is 0 Å². The van der Waals surface area contributed by atoms with Crippen molar-refractivity contribution in [3.05, 3.63) is 42.0 Å². The molecular formula is C20H19FN6O2. The Morgan fingerprint density at radius 1 is 1.45 bits per heavy atom. The maximum absolute atomic E-state index is 13.6. The van der Waals surface area contributed by atoms with Crippen LogP contribution in [0.2, 0.25) is 0 Å². The molecule has 0 radical (unpaired) electrons. The summed E-state index contributed by atoms with van der Waals surface area (Å²) in [4.78, 5) is 24.7. The second kappa shape index (κ2) is 6.93. The van der Waals surface area contributed by atoms with Crippen molar-refractivity contribution in [2.75, 3.05) is 13.2 Å². The largest absolute Gasteiger partial charge is 0.376 e. The molecular weight excluding hydrogens is 375 g/mol. The van der Waals surface area contributed by atoms with E-state index in [-0.39, 0.29) is 17.8 Å². The van der Waals surface area contributed by atoms with E-state index in [2.05, 4.69) is 25.4 Å². The van der Waals surface area contributed by atoms with Gasteiger partial charge in [0.25, 0.3) is 5.91 Å². The van der Waals surface area contributed by atoms with Gasteiger partial charge < -0.3 is 15.0 Å². The number of aryl methyl sites for hydroxylation is 1. The Morgan fingerprint density at radius 2 is 2.34 bits per heavy atom. The molecule has 0 aliphatic carbocycles. The van der Waals surface area contributed by atoms with Crippen molar-refractivity contribution < 1.29 is 13.9 Å². The van der Waals surface area contributed by atoms with Gasteiger partial charge in [-0.25, -0.2) is 14.4 Å². The number of ether oxygens (including phenoxy) is 1. The molecule has 0 saturated carbocycles. The maximum Gasteiger partial charge on any atom is 0.255 e. The average molecular weight is 394 g/mol. The average Bonchev–Trinajstić information content (AvgIpc) is 3.45. The third-order valence-corrected chi connectivity index (χ3v) is 5.20. The molecule has 4 heterocycles. The van der Waals surface area contributed by atoms with Crippen LogP contribution >= 0.6 is 0 Å². The lowest BCUT2D eigenvalue weighted by atomic mass is 10.1. The summed E-state index contributed by atoms with van der Waals surface area (Å²) in [6.07, 6.45) is 5.23. The van der Waals surface area contributed by atoms with Crippen molar-refractivity contribution in [2.45, 2.75) is 18.9 Å². The van der Waals surface area contributed by atoms with Gasteiger partial charge in [-0.1, -0.05) is 0 Å². The molecule has 148 valence electrons. The number of carbonyl (C=O) groups excluding carboxylic acids is 1. The Labute approximate surface area is 165 Å². The molecule has 4 aromatic rings. The fourth-order valence-electron chi connectivity index (χ4n) is 3.71. The van der Waals surface area contributed by atoms with E-state index in [1.807, 2.05) is 0 Å². The van der Waals surface area contributed by atoms with E-state index in [0.29, 0.717) is 40.2 Å². The van der Waals surface area contributed by atoms with Crippen molar-refractivity contribution in [2.24, 2.45) is 7.05 Å². The zero-order valence-electron chi connectivity index (χ0n) is 15.8. The van der Waals surface area contributed by atoms with Gasteiger partial charge in [0.05, 0.1) is 23.4 Å². The molecule has 5 rings (SSSR count). The summed E-state index contributed by atoms with van der Waals surface area (Å²) >= 11 is 0. The Hall–Kier alpha value is -3.33. The van der Waals surface area contributed by atoms with Gasteiger partial charge in [-0.2, -0.15) is 5.10 Å². The summed E-state index contributed by atoms with van der Waals surface area (Å²) in [6.45, 7) is 1.21. The number of amides is 1. The van der Waals surface area contributed by atoms with Crippen LogP contribution < -0.4 is 5.32 Å². The zero-order chi connectivity index (χ0) is 20.0. The number of hydrogen-bond acceptors (Lipinski definition) is 5. The first kappa shape index (κ1) is 17.7. The molecule has 8 nitrogen and oxygen atoms in total. The Bertz CT molecular complexity index is 1220. The fourth-order valence-corrected chi connectivity index (χ4v) is 3.71. The van der Waals surface area contributed by atoms with E-state index in [0.717, 1.165) is 24.8 Å². The minimum absolute atomic E-state index is 0.0612. The van der Waals surface area contributed by atoms with Gasteiger partial charge in [0.1, 0.15) is 22.7 Å². The van der Waals surface area contributed by atoms with Gasteiger partial charge in [0, 0.05) is 31.8 Å². The number of carbonyl (C=O) groups is 1. The lowest BCUT2D eigenvalue weighted by Gasteiger charge is -2.10. The van der Waals surface area contributed by atoms with Gasteiger partial charge in [-0.05, 0) is 31.0 Å². The summed E-state index contributed by atoms with van der Waals surface area (Å²) < 4.78 is 20.7. The third-order valence-electron chi connectivity index (χ3n) is 5.20. The fraction of sp³-hybridized carbons (Fsp3) is 0.300. The molecule has 0 bridgehead atoms. The summed E-state index contributed by atoms with van der Waals surface area (Å²) in [5.74, 6) is -0.560. The van der Waals surface area contributed by atoms with Gasteiger partial charge in [0.15, 0.2) is 5.65 Å². The number of hydrogen-bond donors (Lipinski definition) is 2. The first-order valence-corrected chi connectivity index (χ1v) is 9.47. The van der Waals surface area contributed by atoms with Crippen LogP contribution in [0, 0.1) is 5.82 Å². The Morgan fingerprint density at radius 3 is 3.17 bits per heavy atom. The molecule has 1 atom stereocenters. The molecule has 1 fully saturated rings. The smallest absolute Gasteiger partial charge is 0.255 e. The highest BCUT2D eigenvalue weighted by molar-refractivity contribution is 6.05. The minimum Gasteiger partial charge on any atom is -0.376 e. The van der Waals surface area contributed by atoms with Crippen molar-refractivity contribution in [1.82, 2.24) is 30.0 Å². The lowest BCUT2D eigenvalue weighted by Crippen LogP contribution is -2.31. The van der Waals surface area contributed by atoms with Crippen LogP contribution in [0.1, 0.15) is 23.2 Å². The van der Waals surface area contributed by atoms with Gasteiger partial charge in [-0.3, -0.25) is 9.48 Å². The van der Waals surface area contributed by atoms with Crippen LogP contribution in [0.4, 0.5) is 4.39 Å². The SMILES string of the molecule is Cn1nc(-c2cnc3[nH]cc(C(=O)NC[C@H]4CCCO4)c3n2)c2ccc(F)cc21. The van der Waals surface area contributed by atoms with Crippen LogP contribution in [-0.2, 0) is 11.8 Å². The first-order valence-electron chi connectivity index (χ1n) is 9.47. The minimum atomic E-state index is -0.329. The lowest BCUT2D eigenvalue weighted by molar-refractivity contribution is 0.0859. The molecule has 0 unspecified atom stereocenters. The van der Waals surface area contributed by atoms with Crippen LogP contribution in [-0.4, -0.2) is 49.9 Å². The summed E-state index contributed by atoms with van der Waals surface area (Å²) in [5, 5.41) is 8.15. The number of H-pyrrole nitrogens is 1. The Kier molecular flexibility index (Phi) is 4.24. The summed E-state index contributed by atoms with van der Waals surface area (Å²) in [6, 6.07) is 4.49. The molecule has 1 aliphatic heterocycles. The molecule has 1 saturated heterocycles. The number of nitrogens with one attached hydrogen (secondary N) is 2. The van der Waals surface area contributed by atoms with E-state index < -0.39 is 0 Å². The van der Waals surface area contributed by atoms with Crippen molar-refractivity contribution >= 4 is 28.0 Å².